The van der Waals surface area contributed by atoms with Crippen LogP contribution in [0.25, 0.3) is 0 Å². The van der Waals surface area contributed by atoms with Gasteiger partial charge in [0.1, 0.15) is 5.69 Å². The van der Waals surface area contributed by atoms with Gasteiger partial charge in [-0.05, 0) is 21.0 Å². The minimum Gasteiger partial charge on any atom is -0.481 e. The van der Waals surface area contributed by atoms with Gasteiger partial charge >= 0.3 is 0 Å². The summed E-state index contributed by atoms with van der Waals surface area (Å²) in [5.41, 5.74) is 0.427. The van der Waals surface area contributed by atoms with Gasteiger partial charge in [-0.1, -0.05) is 0 Å². The molecule has 0 saturated carbocycles. The molecule has 1 aromatic rings. The van der Waals surface area contributed by atoms with Crippen molar-refractivity contribution in [2.24, 2.45) is 0 Å². The number of nitrogens with zero attached hydrogens (tertiary/aromatic N) is 3. The van der Waals surface area contributed by atoms with Crippen LogP contribution in [-0.2, 0) is 0 Å². The SMILES string of the molecule is COc1ccc([N+](=O)[O-])c(C(C)N(C)C)n1. The summed E-state index contributed by atoms with van der Waals surface area (Å²) in [5, 5.41) is 10.9. The van der Waals surface area contributed by atoms with Crippen LogP contribution in [0.4, 0.5) is 5.69 Å². The Hall–Kier alpha value is -1.69. The molecule has 1 atom stereocenters. The molecule has 1 unspecified atom stereocenters. The Bertz CT molecular complexity index is 393. The van der Waals surface area contributed by atoms with Gasteiger partial charge in [0, 0.05) is 12.1 Å². The third-order valence-electron chi connectivity index (χ3n) is 2.45. The Morgan fingerprint density at radius 3 is 2.56 bits per heavy atom. The van der Waals surface area contributed by atoms with Crippen LogP contribution >= 0.6 is 0 Å². The minimum absolute atomic E-state index is 0.0157. The van der Waals surface area contributed by atoms with E-state index in [1.807, 2.05) is 25.9 Å². The van der Waals surface area contributed by atoms with Gasteiger partial charge in [-0.25, -0.2) is 4.98 Å². The molecule has 0 saturated heterocycles. The molecule has 6 heteroatoms. The molecule has 1 aromatic heterocycles. The smallest absolute Gasteiger partial charge is 0.292 e. The highest BCUT2D eigenvalue weighted by Gasteiger charge is 2.22. The maximum Gasteiger partial charge on any atom is 0.292 e. The highest BCUT2D eigenvalue weighted by atomic mass is 16.6. The van der Waals surface area contributed by atoms with E-state index in [0.29, 0.717) is 11.6 Å². The predicted octanol–water partition coefficient (Wildman–Crippen LogP) is 1.62. The number of hydrogen-bond donors (Lipinski definition) is 0. The minimum atomic E-state index is -0.429. The maximum absolute atomic E-state index is 10.9. The zero-order valence-electron chi connectivity index (χ0n) is 9.80. The first-order chi connectivity index (χ1) is 7.47. The van der Waals surface area contributed by atoms with Crippen LogP contribution in [0.1, 0.15) is 18.7 Å². The summed E-state index contributed by atoms with van der Waals surface area (Å²) in [6.07, 6.45) is 0. The number of aromatic nitrogens is 1. The van der Waals surface area contributed by atoms with Crippen LogP contribution in [0.5, 0.6) is 5.88 Å². The van der Waals surface area contributed by atoms with E-state index in [2.05, 4.69) is 4.98 Å². The molecule has 0 N–H and O–H groups in total. The molecule has 0 fully saturated rings. The van der Waals surface area contributed by atoms with Gasteiger partial charge in [0.05, 0.1) is 18.1 Å². The molecule has 16 heavy (non-hydrogen) atoms. The third-order valence-corrected chi connectivity index (χ3v) is 2.45. The number of ether oxygens (including phenoxy) is 1. The third kappa shape index (κ3) is 2.46. The summed E-state index contributed by atoms with van der Waals surface area (Å²) in [5.74, 6) is 0.384. The van der Waals surface area contributed by atoms with Gasteiger partial charge in [-0.2, -0.15) is 0 Å². The average Bonchev–Trinajstić information content (AvgIpc) is 2.26. The first-order valence-corrected chi connectivity index (χ1v) is 4.83. The van der Waals surface area contributed by atoms with Gasteiger partial charge in [0.15, 0.2) is 0 Å². The van der Waals surface area contributed by atoms with Crippen molar-refractivity contribution in [2.75, 3.05) is 21.2 Å². The first-order valence-electron chi connectivity index (χ1n) is 4.83. The van der Waals surface area contributed by atoms with Crippen molar-refractivity contribution in [3.8, 4) is 5.88 Å². The van der Waals surface area contributed by atoms with E-state index >= 15 is 0 Å². The van der Waals surface area contributed by atoms with Crippen molar-refractivity contribution in [3.63, 3.8) is 0 Å². The van der Waals surface area contributed by atoms with Crippen molar-refractivity contribution in [1.82, 2.24) is 9.88 Å². The molecule has 0 amide bonds. The summed E-state index contributed by atoms with van der Waals surface area (Å²) < 4.78 is 4.97. The lowest BCUT2D eigenvalue weighted by Gasteiger charge is -2.19. The van der Waals surface area contributed by atoms with Crippen molar-refractivity contribution in [2.45, 2.75) is 13.0 Å². The van der Waals surface area contributed by atoms with Crippen molar-refractivity contribution in [1.29, 1.82) is 0 Å². The van der Waals surface area contributed by atoms with E-state index in [-0.39, 0.29) is 11.7 Å². The fourth-order valence-corrected chi connectivity index (χ4v) is 1.27. The van der Waals surface area contributed by atoms with Crippen molar-refractivity contribution in [3.05, 3.63) is 27.9 Å². The molecular formula is C10H15N3O3. The molecule has 88 valence electrons. The number of pyridine rings is 1. The molecule has 0 aliphatic carbocycles. The summed E-state index contributed by atoms with van der Waals surface area (Å²) in [6.45, 7) is 1.86. The van der Waals surface area contributed by atoms with Crippen LogP contribution < -0.4 is 4.74 Å². The highest BCUT2D eigenvalue weighted by Crippen LogP contribution is 2.27. The lowest BCUT2D eigenvalue weighted by Crippen LogP contribution is -2.19. The van der Waals surface area contributed by atoms with E-state index in [0.717, 1.165) is 0 Å². The molecule has 6 nitrogen and oxygen atoms in total. The number of hydrogen-bond acceptors (Lipinski definition) is 5. The average molecular weight is 225 g/mol. The van der Waals surface area contributed by atoms with Crippen LogP contribution in [0.3, 0.4) is 0 Å². The zero-order chi connectivity index (χ0) is 12.3. The number of nitro groups is 1. The lowest BCUT2D eigenvalue weighted by molar-refractivity contribution is -0.386. The quantitative estimate of drug-likeness (QED) is 0.575. The van der Waals surface area contributed by atoms with E-state index in [9.17, 15) is 10.1 Å². The van der Waals surface area contributed by atoms with Crippen molar-refractivity contribution >= 4 is 5.69 Å². The molecular weight excluding hydrogens is 210 g/mol. The second kappa shape index (κ2) is 4.89. The Morgan fingerprint density at radius 2 is 2.12 bits per heavy atom. The van der Waals surface area contributed by atoms with E-state index in [4.69, 9.17) is 4.74 Å². The Labute approximate surface area is 94.0 Å². The maximum atomic E-state index is 10.9. The topological polar surface area (TPSA) is 68.5 Å². The molecule has 0 bridgehead atoms. The first kappa shape index (κ1) is 12.4. The fourth-order valence-electron chi connectivity index (χ4n) is 1.27. The molecule has 1 rings (SSSR count). The Balaban J connectivity index is 3.25. The second-order valence-electron chi connectivity index (χ2n) is 3.65. The molecule has 1 heterocycles. The van der Waals surface area contributed by atoms with Gasteiger partial charge < -0.3 is 9.64 Å². The van der Waals surface area contributed by atoms with Crippen molar-refractivity contribution < 1.29 is 9.66 Å². The van der Waals surface area contributed by atoms with Gasteiger partial charge in [0.2, 0.25) is 5.88 Å². The van der Waals surface area contributed by atoms with Crippen LogP contribution in [0.15, 0.2) is 12.1 Å². The standard InChI is InChI=1S/C10H15N3O3/c1-7(12(2)3)10-8(13(14)15)5-6-9(11-10)16-4/h5-7H,1-4H3. The largest absolute Gasteiger partial charge is 0.481 e. The summed E-state index contributed by atoms with van der Waals surface area (Å²) in [4.78, 5) is 16.4. The zero-order valence-corrected chi connectivity index (χ0v) is 9.80. The number of rotatable bonds is 4. The molecule has 0 spiro atoms. The normalized spacial score (nSPS) is 12.6. The van der Waals surface area contributed by atoms with E-state index in [1.54, 1.807) is 0 Å². The molecule has 0 aliphatic heterocycles. The summed E-state index contributed by atoms with van der Waals surface area (Å²) in [7, 11) is 5.17. The van der Waals surface area contributed by atoms with E-state index in [1.165, 1.54) is 19.2 Å². The van der Waals surface area contributed by atoms with Gasteiger partial charge in [0.25, 0.3) is 5.69 Å². The predicted molar refractivity (Wildman–Crippen MR) is 59.5 cm³/mol. The number of methoxy groups -OCH3 is 1. The highest BCUT2D eigenvalue weighted by molar-refractivity contribution is 5.39. The van der Waals surface area contributed by atoms with Gasteiger partial charge in [-0.3, -0.25) is 10.1 Å². The Kier molecular flexibility index (Phi) is 3.78. The van der Waals surface area contributed by atoms with Crippen LogP contribution in [0.2, 0.25) is 0 Å². The molecule has 0 aliphatic rings. The summed E-state index contributed by atoms with van der Waals surface area (Å²) in [6, 6.07) is 2.76. The van der Waals surface area contributed by atoms with Crippen LogP contribution in [0, 0.1) is 10.1 Å². The fraction of sp³-hybridized carbons (Fsp3) is 0.500. The summed E-state index contributed by atoms with van der Waals surface area (Å²) >= 11 is 0. The molecule has 0 radical (unpaired) electrons. The Morgan fingerprint density at radius 1 is 1.50 bits per heavy atom. The van der Waals surface area contributed by atoms with Crippen LogP contribution in [-0.4, -0.2) is 36.0 Å². The second-order valence-corrected chi connectivity index (χ2v) is 3.65. The molecule has 0 aromatic carbocycles. The van der Waals surface area contributed by atoms with E-state index < -0.39 is 4.92 Å². The monoisotopic (exact) mass is 225 g/mol. The lowest BCUT2D eigenvalue weighted by atomic mass is 10.1. The van der Waals surface area contributed by atoms with Gasteiger partial charge in [-0.15, -0.1) is 0 Å².